The van der Waals surface area contributed by atoms with Crippen molar-refractivity contribution in [1.29, 1.82) is 0 Å². The first-order valence-electron chi connectivity index (χ1n) is 8.98. The lowest BCUT2D eigenvalue weighted by molar-refractivity contribution is -0.141. The van der Waals surface area contributed by atoms with Crippen LogP contribution in [0.15, 0.2) is 30.3 Å². The van der Waals surface area contributed by atoms with Crippen LogP contribution < -0.4 is 0 Å². The molecule has 0 bridgehead atoms. The molecular formula is C20H34O4Si. The highest BCUT2D eigenvalue weighted by atomic mass is 28.4. The van der Waals surface area contributed by atoms with Crippen LogP contribution in [0.5, 0.6) is 0 Å². The van der Waals surface area contributed by atoms with Crippen LogP contribution in [0, 0.1) is 11.8 Å². The van der Waals surface area contributed by atoms with Crippen LogP contribution in [0.4, 0.5) is 0 Å². The Morgan fingerprint density at radius 1 is 1.16 bits per heavy atom. The number of aliphatic hydroxyl groups excluding tert-OH is 1. The Morgan fingerprint density at radius 3 is 2.24 bits per heavy atom. The lowest BCUT2D eigenvalue weighted by Crippen LogP contribution is -2.49. The number of hydrogen-bond donors (Lipinski definition) is 1. The fraction of sp³-hybridized carbons (Fsp3) is 0.650. The Balaban J connectivity index is 2.55. The molecule has 1 rings (SSSR count). The van der Waals surface area contributed by atoms with Crippen LogP contribution in [0.25, 0.3) is 0 Å². The van der Waals surface area contributed by atoms with Gasteiger partial charge in [0, 0.05) is 11.8 Å². The highest BCUT2D eigenvalue weighted by Gasteiger charge is 2.39. The number of ketones is 1. The van der Waals surface area contributed by atoms with Crippen LogP contribution in [-0.4, -0.2) is 37.5 Å². The molecule has 1 aromatic rings. The van der Waals surface area contributed by atoms with E-state index < -0.39 is 25.9 Å². The fourth-order valence-electron chi connectivity index (χ4n) is 3.05. The van der Waals surface area contributed by atoms with Gasteiger partial charge in [-0.15, -0.1) is 0 Å². The van der Waals surface area contributed by atoms with Crippen LogP contribution in [0.1, 0.15) is 33.3 Å². The summed E-state index contributed by atoms with van der Waals surface area (Å²) in [6.07, 6.45) is -0.757. The van der Waals surface area contributed by atoms with Gasteiger partial charge in [-0.05, 0) is 39.1 Å². The second-order valence-corrected chi connectivity index (χ2v) is 12.8. The van der Waals surface area contributed by atoms with E-state index in [0.29, 0.717) is 13.2 Å². The van der Waals surface area contributed by atoms with Crippen LogP contribution >= 0.6 is 0 Å². The molecule has 0 radical (unpaired) electrons. The van der Waals surface area contributed by atoms with Gasteiger partial charge in [0.1, 0.15) is 5.60 Å². The summed E-state index contributed by atoms with van der Waals surface area (Å²) in [5.74, 6) is -0.690. The number of aliphatic hydroxyl groups is 1. The first-order chi connectivity index (χ1) is 11.4. The predicted octanol–water partition coefficient (Wildman–Crippen LogP) is 4.04. The Morgan fingerprint density at radius 2 is 1.72 bits per heavy atom. The minimum absolute atomic E-state index is 0.0580. The number of benzene rings is 1. The molecule has 142 valence electrons. The standard InChI is InChI=1S/C20H34O4Si/c1-15(13-23-14-17-11-9-8-10-12-17)18(21)16(2)19(22)20(3,4)24-25(5,6)7/h8-12,15-16,18,21H,13-14H2,1-7H3/t15-,16-,18+/m0/s1. The molecule has 0 heterocycles. The third-order valence-electron chi connectivity index (χ3n) is 4.16. The summed E-state index contributed by atoms with van der Waals surface area (Å²) in [7, 11) is -1.85. The van der Waals surface area contributed by atoms with E-state index in [2.05, 4.69) is 19.6 Å². The van der Waals surface area contributed by atoms with E-state index in [4.69, 9.17) is 9.16 Å². The zero-order valence-electron chi connectivity index (χ0n) is 16.7. The summed E-state index contributed by atoms with van der Waals surface area (Å²) in [5.41, 5.74) is 0.216. The van der Waals surface area contributed by atoms with Crippen molar-refractivity contribution in [2.75, 3.05) is 6.61 Å². The van der Waals surface area contributed by atoms with Gasteiger partial charge in [0.05, 0.1) is 19.3 Å². The molecule has 0 saturated heterocycles. The molecule has 1 aromatic carbocycles. The number of hydrogen-bond acceptors (Lipinski definition) is 4. The van der Waals surface area contributed by atoms with Gasteiger partial charge in [0.2, 0.25) is 0 Å². The summed E-state index contributed by atoms with van der Waals surface area (Å²) >= 11 is 0. The van der Waals surface area contributed by atoms with Crippen molar-refractivity contribution in [3.63, 3.8) is 0 Å². The van der Waals surface area contributed by atoms with Crippen molar-refractivity contribution < 1.29 is 19.1 Å². The number of carbonyl (C=O) groups excluding carboxylic acids is 1. The molecule has 25 heavy (non-hydrogen) atoms. The van der Waals surface area contributed by atoms with Crippen LogP contribution in [0.2, 0.25) is 19.6 Å². The maximum Gasteiger partial charge on any atom is 0.185 e. The van der Waals surface area contributed by atoms with Gasteiger partial charge in [-0.3, -0.25) is 4.79 Å². The summed E-state index contributed by atoms with van der Waals surface area (Å²) < 4.78 is 11.7. The van der Waals surface area contributed by atoms with E-state index in [0.717, 1.165) is 5.56 Å². The first kappa shape index (κ1) is 22.0. The summed E-state index contributed by atoms with van der Waals surface area (Å²) in [4.78, 5) is 12.8. The maximum atomic E-state index is 12.8. The van der Waals surface area contributed by atoms with Crippen molar-refractivity contribution >= 4 is 14.1 Å². The minimum atomic E-state index is -1.85. The van der Waals surface area contributed by atoms with Gasteiger partial charge in [-0.2, -0.15) is 0 Å². The van der Waals surface area contributed by atoms with E-state index >= 15 is 0 Å². The molecule has 0 aromatic heterocycles. The predicted molar refractivity (Wildman–Crippen MR) is 104 cm³/mol. The number of carbonyl (C=O) groups is 1. The molecule has 0 amide bonds. The van der Waals surface area contributed by atoms with Gasteiger partial charge >= 0.3 is 0 Å². The average Bonchev–Trinajstić information content (AvgIpc) is 2.51. The van der Waals surface area contributed by atoms with E-state index in [1.54, 1.807) is 20.8 Å². The smallest absolute Gasteiger partial charge is 0.185 e. The largest absolute Gasteiger partial charge is 0.406 e. The Bertz CT molecular complexity index is 536. The van der Waals surface area contributed by atoms with Crippen molar-refractivity contribution in [3.05, 3.63) is 35.9 Å². The summed E-state index contributed by atoms with van der Waals surface area (Å²) in [6, 6.07) is 9.91. The minimum Gasteiger partial charge on any atom is -0.406 e. The maximum absolute atomic E-state index is 12.8. The third kappa shape index (κ3) is 7.40. The molecule has 0 saturated carbocycles. The van der Waals surface area contributed by atoms with Crippen LogP contribution in [0.3, 0.4) is 0 Å². The van der Waals surface area contributed by atoms with Crippen molar-refractivity contribution in [1.82, 2.24) is 0 Å². The quantitative estimate of drug-likeness (QED) is 0.635. The van der Waals surface area contributed by atoms with Gasteiger partial charge in [-0.1, -0.05) is 44.2 Å². The molecular weight excluding hydrogens is 332 g/mol. The SMILES string of the molecule is C[C@H](C(=O)C(C)(C)O[Si](C)(C)C)[C@H](O)[C@@H](C)COCc1ccccc1. The molecule has 3 atom stereocenters. The molecule has 0 aliphatic heterocycles. The highest BCUT2D eigenvalue weighted by molar-refractivity contribution is 6.70. The molecule has 1 N–H and O–H groups in total. The van der Waals surface area contributed by atoms with Gasteiger partial charge in [0.15, 0.2) is 14.1 Å². The summed E-state index contributed by atoms with van der Waals surface area (Å²) in [6.45, 7) is 14.4. The molecule has 0 unspecified atom stereocenters. The Labute approximate surface area is 153 Å². The first-order valence-corrected chi connectivity index (χ1v) is 12.4. The monoisotopic (exact) mass is 366 g/mol. The number of rotatable bonds is 10. The molecule has 0 spiro atoms. The average molecular weight is 367 g/mol. The Hall–Kier alpha value is -1.01. The fourth-order valence-corrected chi connectivity index (χ4v) is 4.68. The van der Waals surface area contributed by atoms with Crippen molar-refractivity contribution in [3.8, 4) is 0 Å². The zero-order valence-corrected chi connectivity index (χ0v) is 17.7. The lowest BCUT2D eigenvalue weighted by Gasteiger charge is -2.35. The molecule has 0 aliphatic rings. The van der Waals surface area contributed by atoms with Crippen molar-refractivity contribution in [2.24, 2.45) is 11.8 Å². The van der Waals surface area contributed by atoms with E-state index in [-0.39, 0.29) is 11.7 Å². The lowest BCUT2D eigenvalue weighted by atomic mass is 9.84. The van der Waals surface area contributed by atoms with E-state index in [1.165, 1.54) is 0 Å². The molecule has 4 nitrogen and oxygen atoms in total. The number of ether oxygens (including phenoxy) is 1. The van der Waals surface area contributed by atoms with E-state index in [1.807, 2.05) is 37.3 Å². The van der Waals surface area contributed by atoms with Gasteiger partial charge < -0.3 is 14.3 Å². The zero-order chi connectivity index (χ0) is 19.3. The van der Waals surface area contributed by atoms with Gasteiger partial charge in [0.25, 0.3) is 0 Å². The second kappa shape index (κ2) is 9.08. The van der Waals surface area contributed by atoms with E-state index in [9.17, 15) is 9.90 Å². The number of Topliss-reactive ketones (excluding diaryl/α,β-unsaturated/α-hetero) is 1. The second-order valence-electron chi connectivity index (χ2n) is 8.35. The molecule has 5 heteroatoms. The highest BCUT2D eigenvalue weighted by Crippen LogP contribution is 2.25. The third-order valence-corrected chi connectivity index (χ3v) is 5.28. The topological polar surface area (TPSA) is 55.8 Å². The molecule has 0 aliphatic carbocycles. The normalized spacial score (nSPS) is 16.3. The Kier molecular flexibility index (Phi) is 8.00. The molecule has 0 fully saturated rings. The van der Waals surface area contributed by atoms with Crippen LogP contribution in [-0.2, 0) is 20.6 Å². The van der Waals surface area contributed by atoms with Gasteiger partial charge in [-0.25, -0.2) is 0 Å². The van der Waals surface area contributed by atoms with Crippen molar-refractivity contribution in [2.45, 2.75) is 65.6 Å². The summed E-state index contributed by atoms with van der Waals surface area (Å²) in [5, 5.41) is 10.6.